The highest BCUT2D eigenvalue weighted by molar-refractivity contribution is 14.1. The van der Waals surface area contributed by atoms with E-state index in [1.807, 2.05) is 6.07 Å². The van der Waals surface area contributed by atoms with Gasteiger partial charge in [-0.05, 0) is 40.8 Å². The Morgan fingerprint density at radius 1 is 1.46 bits per heavy atom. The normalized spacial score (nSPS) is 9.85. The standard InChI is InChI=1S/C9H9ClINO/c1-12(2)9(13)7-5-6(10)3-4-8(7)11/h3-5H,1-2H3. The highest BCUT2D eigenvalue weighted by Gasteiger charge is 2.11. The van der Waals surface area contributed by atoms with Gasteiger partial charge in [-0.3, -0.25) is 4.79 Å². The third kappa shape index (κ3) is 2.57. The van der Waals surface area contributed by atoms with Crippen LogP contribution >= 0.6 is 34.2 Å². The first kappa shape index (κ1) is 10.8. The van der Waals surface area contributed by atoms with E-state index in [1.165, 1.54) is 4.90 Å². The van der Waals surface area contributed by atoms with Gasteiger partial charge in [0.2, 0.25) is 0 Å². The molecule has 1 rings (SSSR count). The molecule has 0 spiro atoms. The summed E-state index contributed by atoms with van der Waals surface area (Å²) >= 11 is 7.91. The first-order valence-electron chi connectivity index (χ1n) is 3.69. The van der Waals surface area contributed by atoms with Crippen LogP contribution in [0.25, 0.3) is 0 Å². The topological polar surface area (TPSA) is 20.3 Å². The Morgan fingerprint density at radius 3 is 2.62 bits per heavy atom. The number of rotatable bonds is 1. The monoisotopic (exact) mass is 309 g/mol. The molecule has 70 valence electrons. The van der Waals surface area contributed by atoms with Gasteiger partial charge in [0, 0.05) is 22.7 Å². The van der Waals surface area contributed by atoms with E-state index in [4.69, 9.17) is 11.6 Å². The fraction of sp³-hybridized carbons (Fsp3) is 0.222. The number of amides is 1. The lowest BCUT2D eigenvalue weighted by Gasteiger charge is -2.11. The summed E-state index contributed by atoms with van der Waals surface area (Å²) in [4.78, 5) is 13.1. The lowest BCUT2D eigenvalue weighted by Crippen LogP contribution is -2.22. The molecule has 0 aliphatic heterocycles. The quantitative estimate of drug-likeness (QED) is 0.730. The summed E-state index contributed by atoms with van der Waals surface area (Å²) in [5.41, 5.74) is 0.651. The van der Waals surface area contributed by atoms with Gasteiger partial charge in [0.1, 0.15) is 0 Å². The molecule has 4 heteroatoms. The van der Waals surface area contributed by atoms with E-state index in [1.54, 1.807) is 26.2 Å². The minimum Gasteiger partial charge on any atom is -0.345 e. The highest BCUT2D eigenvalue weighted by Crippen LogP contribution is 2.18. The van der Waals surface area contributed by atoms with Crippen molar-refractivity contribution in [1.82, 2.24) is 4.90 Å². The highest BCUT2D eigenvalue weighted by atomic mass is 127. The van der Waals surface area contributed by atoms with Crippen LogP contribution in [0.2, 0.25) is 5.02 Å². The predicted molar refractivity (Wildman–Crippen MR) is 62.2 cm³/mol. The zero-order valence-electron chi connectivity index (χ0n) is 7.34. The smallest absolute Gasteiger partial charge is 0.254 e. The number of hydrogen-bond donors (Lipinski definition) is 0. The van der Waals surface area contributed by atoms with Crippen LogP contribution in [-0.2, 0) is 0 Å². The number of carbonyl (C=O) groups is 1. The molecule has 2 nitrogen and oxygen atoms in total. The number of nitrogens with zero attached hydrogens (tertiary/aromatic N) is 1. The minimum atomic E-state index is -0.0214. The zero-order chi connectivity index (χ0) is 10.0. The van der Waals surface area contributed by atoms with Gasteiger partial charge in [0.25, 0.3) is 5.91 Å². The first-order chi connectivity index (χ1) is 6.02. The molecule has 0 radical (unpaired) electrons. The summed E-state index contributed by atoms with van der Waals surface area (Å²) < 4.78 is 0.917. The Bertz CT molecular complexity index is 338. The summed E-state index contributed by atoms with van der Waals surface area (Å²) in [6, 6.07) is 5.29. The maximum atomic E-state index is 11.6. The van der Waals surface area contributed by atoms with Crippen LogP contribution in [0.4, 0.5) is 0 Å². The lowest BCUT2D eigenvalue weighted by molar-refractivity contribution is 0.0826. The molecule has 0 saturated heterocycles. The molecular weight excluding hydrogens is 300 g/mol. The van der Waals surface area contributed by atoms with Gasteiger partial charge < -0.3 is 4.90 Å². The molecule has 0 aromatic heterocycles. The van der Waals surface area contributed by atoms with E-state index >= 15 is 0 Å². The summed E-state index contributed by atoms with van der Waals surface area (Å²) in [6.07, 6.45) is 0. The Balaban J connectivity index is 3.13. The van der Waals surface area contributed by atoms with Gasteiger partial charge >= 0.3 is 0 Å². The van der Waals surface area contributed by atoms with Crippen molar-refractivity contribution >= 4 is 40.1 Å². The molecule has 1 aromatic rings. The molecule has 0 atom stereocenters. The largest absolute Gasteiger partial charge is 0.345 e. The second-order valence-electron chi connectivity index (χ2n) is 2.82. The van der Waals surface area contributed by atoms with Crippen LogP contribution in [0.5, 0.6) is 0 Å². The van der Waals surface area contributed by atoms with E-state index in [9.17, 15) is 4.79 Å². The van der Waals surface area contributed by atoms with Gasteiger partial charge in [-0.25, -0.2) is 0 Å². The van der Waals surface area contributed by atoms with E-state index < -0.39 is 0 Å². The molecule has 0 fully saturated rings. The molecule has 0 heterocycles. The number of carbonyl (C=O) groups excluding carboxylic acids is 1. The zero-order valence-corrected chi connectivity index (χ0v) is 10.3. The van der Waals surface area contributed by atoms with Crippen LogP contribution in [-0.4, -0.2) is 24.9 Å². The van der Waals surface area contributed by atoms with Gasteiger partial charge in [0.05, 0.1) is 5.56 Å². The molecule has 0 aliphatic carbocycles. The lowest BCUT2D eigenvalue weighted by atomic mass is 10.2. The average Bonchev–Trinajstić information content (AvgIpc) is 2.08. The second-order valence-corrected chi connectivity index (χ2v) is 4.42. The first-order valence-corrected chi connectivity index (χ1v) is 5.14. The summed E-state index contributed by atoms with van der Waals surface area (Å²) in [5.74, 6) is -0.0214. The van der Waals surface area contributed by atoms with Gasteiger partial charge in [-0.1, -0.05) is 11.6 Å². The Hall–Kier alpha value is -0.290. The fourth-order valence-electron chi connectivity index (χ4n) is 0.902. The van der Waals surface area contributed by atoms with Crippen molar-refractivity contribution in [3.8, 4) is 0 Å². The Labute approximate surface area is 96.0 Å². The summed E-state index contributed by atoms with van der Waals surface area (Å²) in [7, 11) is 3.44. The van der Waals surface area contributed by atoms with E-state index in [-0.39, 0.29) is 5.91 Å². The number of benzene rings is 1. The van der Waals surface area contributed by atoms with Crippen LogP contribution in [0.3, 0.4) is 0 Å². The molecular formula is C9H9ClINO. The summed E-state index contributed by atoms with van der Waals surface area (Å²) in [6.45, 7) is 0. The summed E-state index contributed by atoms with van der Waals surface area (Å²) in [5, 5.41) is 0.589. The Kier molecular flexibility index (Phi) is 3.55. The molecule has 0 unspecified atom stereocenters. The maximum absolute atomic E-state index is 11.6. The number of halogens is 2. The van der Waals surface area contributed by atoms with Crippen LogP contribution in [0, 0.1) is 3.57 Å². The molecule has 0 bridgehead atoms. The van der Waals surface area contributed by atoms with Crippen molar-refractivity contribution in [2.24, 2.45) is 0 Å². The molecule has 1 aromatic carbocycles. The average molecular weight is 310 g/mol. The third-order valence-corrected chi connectivity index (χ3v) is 2.74. The third-order valence-electron chi connectivity index (χ3n) is 1.56. The van der Waals surface area contributed by atoms with Crippen molar-refractivity contribution in [1.29, 1.82) is 0 Å². The van der Waals surface area contributed by atoms with Crippen LogP contribution in [0.1, 0.15) is 10.4 Å². The van der Waals surface area contributed by atoms with Crippen molar-refractivity contribution in [2.45, 2.75) is 0 Å². The van der Waals surface area contributed by atoms with E-state index in [2.05, 4.69) is 22.6 Å². The SMILES string of the molecule is CN(C)C(=O)c1cc(Cl)ccc1I. The predicted octanol–water partition coefficient (Wildman–Crippen LogP) is 2.65. The molecule has 0 saturated carbocycles. The fourth-order valence-corrected chi connectivity index (χ4v) is 1.64. The van der Waals surface area contributed by atoms with Crippen LogP contribution in [0.15, 0.2) is 18.2 Å². The van der Waals surface area contributed by atoms with Crippen molar-refractivity contribution in [3.05, 3.63) is 32.4 Å². The molecule has 0 aliphatic rings. The second kappa shape index (κ2) is 4.28. The van der Waals surface area contributed by atoms with Crippen molar-refractivity contribution in [3.63, 3.8) is 0 Å². The van der Waals surface area contributed by atoms with Gasteiger partial charge in [-0.15, -0.1) is 0 Å². The van der Waals surface area contributed by atoms with E-state index in [0.717, 1.165) is 3.57 Å². The van der Waals surface area contributed by atoms with Gasteiger partial charge in [-0.2, -0.15) is 0 Å². The molecule has 0 N–H and O–H groups in total. The maximum Gasteiger partial charge on any atom is 0.254 e. The van der Waals surface area contributed by atoms with Crippen molar-refractivity contribution < 1.29 is 4.79 Å². The van der Waals surface area contributed by atoms with Crippen molar-refractivity contribution in [2.75, 3.05) is 14.1 Å². The van der Waals surface area contributed by atoms with Crippen LogP contribution < -0.4 is 0 Å². The number of hydrogen-bond acceptors (Lipinski definition) is 1. The molecule has 1 amide bonds. The Morgan fingerprint density at radius 2 is 2.08 bits per heavy atom. The minimum absolute atomic E-state index is 0.0214. The van der Waals surface area contributed by atoms with E-state index in [0.29, 0.717) is 10.6 Å². The molecule has 13 heavy (non-hydrogen) atoms. The van der Waals surface area contributed by atoms with Gasteiger partial charge in [0.15, 0.2) is 0 Å².